The maximum absolute atomic E-state index is 12.2. The second-order valence-electron chi connectivity index (χ2n) is 5.28. The van der Waals surface area contributed by atoms with Crippen LogP contribution in [0.1, 0.15) is 31.4 Å². The monoisotopic (exact) mass is 336 g/mol. The van der Waals surface area contributed by atoms with E-state index in [1.54, 1.807) is 0 Å². The molecule has 4 nitrogen and oxygen atoms in total. The highest BCUT2D eigenvalue weighted by Gasteiger charge is 2.24. The molecule has 1 amide bonds. The molecule has 0 saturated heterocycles. The number of nitrogens with one attached hydrogen (secondary N) is 1. The summed E-state index contributed by atoms with van der Waals surface area (Å²) in [5.74, 6) is 0.0143. The Balaban J connectivity index is 1.66. The Hall–Kier alpha value is -1.36. The van der Waals surface area contributed by atoms with Crippen LogP contribution in [0.5, 0.6) is 0 Å². The molecule has 0 aliphatic heterocycles. The summed E-state index contributed by atoms with van der Waals surface area (Å²) in [5.41, 5.74) is 1.44. The molecule has 106 valence electrons. The summed E-state index contributed by atoms with van der Waals surface area (Å²) in [5, 5.41) is 8.02. The first-order chi connectivity index (χ1) is 9.74. The highest BCUT2D eigenvalue weighted by Crippen LogP contribution is 2.25. The van der Waals surface area contributed by atoms with Gasteiger partial charge >= 0.3 is 0 Å². The van der Waals surface area contributed by atoms with Crippen LogP contribution >= 0.6 is 15.9 Å². The predicted octanol–water partition coefficient (Wildman–Crippen LogP) is 3.19. The topological polar surface area (TPSA) is 55.1 Å². The number of hydrogen-bond donors (Lipinski definition) is 1. The van der Waals surface area contributed by atoms with Gasteiger partial charge in [0.05, 0.1) is 6.42 Å². The largest absolute Gasteiger partial charge is 0.356 e. The van der Waals surface area contributed by atoms with E-state index < -0.39 is 0 Å². The summed E-state index contributed by atoms with van der Waals surface area (Å²) in [6.45, 7) is 0. The fourth-order valence-electron chi connectivity index (χ4n) is 2.72. The average Bonchev–Trinajstić information content (AvgIpc) is 2.85. The Morgan fingerprint density at radius 3 is 3.00 bits per heavy atom. The van der Waals surface area contributed by atoms with Crippen LogP contribution in [-0.2, 0) is 11.2 Å². The van der Waals surface area contributed by atoms with Crippen LogP contribution < -0.4 is 5.32 Å². The molecule has 1 fully saturated rings. The first-order valence-electron chi connectivity index (χ1n) is 7.01. The van der Waals surface area contributed by atoms with E-state index in [-0.39, 0.29) is 18.4 Å². The summed E-state index contributed by atoms with van der Waals surface area (Å²) >= 11 is 3.65. The van der Waals surface area contributed by atoms with Gasteiger partial charge in [-0.25, -0.2) is 0 Å². The van der Waals surface area contributed by atoms with Crippen molar-refractivity contribution in [1.82, 2.24) is 10.5 Å². The standard InChI is InChI=1S/C15H17BrN2O2/c16-11-6-2-3-7-12(11)17-15(19)9-13-10-5-1-4-8-14(10)20-18-13/h1,4-5,8,11-12H,2-3,6-7,9H2,(H,17,19). The Kier molecular flexibility index (Phi) is 4.05. The molecule has 1 heterocycles. The van der Waals surface area contributed by atoms with E-state index in [2.05, 4.69) is 26.4 Å². The summed E-state index contributed by atoms with van der Waals surface area (Å²) in [4.78, 5) is 12.5. The lowest BCUT2D eigenvalue weighted by atomic mass is 9.95. The fraction of sp³-hybridized carbons (Fsp3) is 0.467. The number of carbonyl (C=O) groups is 1. The normalized spacial score (nSPS) is 22.9. The molecule has 1 N–H and O–H groups in total. The summed E-state index contributed by atoms with van der Waals surface area (Å²) in [6, 6.07) is 7.85. The molecule has 2 atom stereocenters. The van der Waals surface area contributed by atoms with Crippen molar-refractivity contribution in [2.75, 3.05) is 0 Å². The Bertz CT molecular complexity index is 611. The minimum absolute atomic E-state index is 0.0143. The lowest BCUT2D eigenvalue weighted by Crippen LogP contribution is -2.43. The van der Waals surface area contributed by atoms with Gasteiger partial charge in [-0.3, -0.25) is 4.79 Å². The Morgan fingerprint density at radius 1 is 1.35 bits per heavy atom. The van der Waals surface area contributed by atoms with Crippen molar-refractivity contribution in [3.8, 4) is 0 Å². The van der Waals surface area contributed by atoms with Crippen molar-refractivity contribution < 1.29 is 9.32 Å². The van der Waals surface area contributed by atoms with Crippen molar-refractivity contribution in [3.63, 3.8) is 0 Å². The van der Waals surface area contributed by atoms with Gasteiger partial charge in [-0.2, -0.15) is 0 Å². The quantitative estimate of drug-likeness (QED) is 0.875. The van der Waals surface area contributed by atoms with Gasteiger partial charge in [-0.1, -0.05) is 46.1 Å². The molecule has 0 spiro atoms. The van der Waals surface area contributed by atoms with Crippen LogP contribution in [0.25, 0.3) is 11.0 Å². The molecule has 3 rings (SSSR count). The van der Waals surface area contributed by atoms with Crippen LogP contribution in [0.4, 0.5) is 0 Å². The number of halogens is 1. The minimum Gasteiger partial charge on any atom is -0.356 e. The van der Waals surface area contributed by atoms with Crippen molar-refractivity contribution in [2.45, 2.75) is 43.0 Å². The number of aromatic nitrogens is 1. The number of hydrogen-bond acceptors (Lipinski definition) is 3. The van der Waals surface area contributed by atoms with E-state index in [0.29, 0.717) is 10.5 Å². The maximum Gasteiger partial charge on any atom is 0.226 e. The first-order valence-corrected chi connectivity index (χ1v) is 7.92. The number of alkyl halides is 1. The molecule has 5 heteroatoms. The number of carbonyl (C=O) groups excluding carboxylic acids is 1. The maximum atomic E-state index is 12.2. The van der Waals surface area contributed by atoms with Gasteiger partial charge < -0.3 is 9.84 Å². The van der Waals surface area contributed by atoms with Crippen LogP contribution in [0.15, 0.2) is 28.8 Å². The second kappa shape index (κ2) is 5.95. The molecule has 1 aromatic heterocycles. The second-order valence-corrected chi connectivity index (χ2v) is 6.45. The lowest BCUT2D eigenvalue weighted by molar-refractivity contribution is -0.121. The van der Waals surface area contributed by atoms with Crippen molar-refractivity contribution in [3.05, 3.63) is 30.0 Å². The van der Waals surface area contributed by atoms with Gasteiger partial charge in [0, 0.05) is 16.3 Å². The van der Waals surface area contributed by atoms with Crippen LogP contribution in [0.3, 0.4) is 0 Å². The molecule has 1 aliphatic rings. The van der Waals surface area contributed by atoms with Gasteiger partial charge in [-0.15, -0.1) is 0 Å². The number of para-hydroxylation sites is 1. The minimum atomic E-state index is 0.0143. The zero-order valence-electron chi connectivity index (χ0n) is 11.1. The third kappa shape index (κ3) is 2.87. The molecule has 2 unspecified atom stereocenters. The third-order valence-corrected chi connectivity index (χ3v) is 4.90. The highest BCUT2D eigenvalue weighted by molar-refractivity contribution is 9.09. The predicted molar refractivity (Wildman–Crippen MR) is 80.8 cm³/mol. The van der Waals surface area contributed by atoms with Gasteiger partial charge in [-0.05, 0) is 25.0 Å². The van der Waals surface area contributed by atoms with Crippen LogP contribution in [0.2, 0.25) is 0 Å². The van der Waals surface area contributed by atoms with Crippen molar-refractivity contribution in [1.29, 1.82) is 0 Å². The van der Waals surface area contributed by atoms with Crippen molar-refractivity contribution in [2.24, 2.45) is 0 Å². The van der Waals surface area contributed by atoms with E-state index in [1.807, 2.05) is 24.3 Å². The van der Waals surface area contributed by atoms with E-state index in [9.17, 15) is 4.79 Å². The van der Waals surface area contributed by atoms with E-state index in [1.165, 1.54) is 12.8 Å². The zero-order chi connectivity index (χ0) is 13.9. The van der Waals surface area contributed by atoms with Crippen molar-refractivity contribution >= 4 is 32.8 Å². The molecule has 20 heavy (non-hydrogen) atoms. The summed E-state index contributed by atoms with van der Waals surface area (Å²) in [7, 11) is 0. The summed E-state index contributed by atoms with van der Waals surface area (Å²) < 4.78 is 5.22. The Morgan fingerprint density at radius 2 is 2.15 bits per heavy atom. The van der Waals surface area contributed by atoms with E-state index >= 15 is 0 Å². The van der Waals surface area contributed by atoms with Gasteiger partial charge in [0.2, 0.25) is 5.91 Å². The number of nitrogens with zero attached hydrogens (tertiary/aromatic N) is 1. The Labute approximate surface area is 126 Å². The molecule has 0 bridgehead atoms. The number of benzene rings is 1. The molecule has 1 saturated carbocycles. The van der Waals surface area contributed by atoms with Gasteiger partial charge in [0.1, 0.15) is 5.69 Å². The SMILES string of the molecule is O=C(Cc1noc2ccccc12)NC1CCCCC1Br. The fourth-order valence-corrected chi connectivity index (χ4v) is 3.44. The van der Waals surface area contributed by atoms with Crippen LogP contribution in [0, 0.1) is 0 Å². The number of rotatable bonds is 3. The first kappa shape index (κ1) is 13.6. The molecular weight excluding hydrogens is 320 g/mol. The molecule has 2 aromatic rings. The molecular formula is C15H17BrN2O2. The van der Waals surface area contributed by atoms with Gasteiger partial charge in [0.15, 0.2) is 5.58 Å². The lowest BCUT2D eigenvalue weighted by Gasteiger charge is -2.28. The molecule has 1 aliphatic carbocycles. The number of fused-ring (bicyclic) bond motifs is 1. The smallest absolute Gasteiger partial charge is 0.226 e. The van der Waals surface area contributed by atoms with Crippen LogP contribution in [-0.4, -0.2) is 21.9 Å². The summed E-state index contributed by atoms with van der Waals surface area (Å²) in [6.07, 6.45) is 4.85. The highest BCUT2D eigenvalue weighted by atomic mass is 79.9. The van der Waals surface area contributed by atoms with E-state index in [4.69, 9.17) is 4.52 Å². The third-order valence-electron chi connectivity index (χ3n) is 3.81. The van der Waals surface area contributed by atoms with E-state index in [0.717, 1.165) is 23.8 Å². The molecule has 0 radical (unpaired) electrons. The number of amides is 1. The van der Waals surface area contributed by atoms with Gasteiger partial charge in [0.25, 0.3) is 0 Å². The zero-order valence-corrected chi connectivity index (χ0v) is 12.7. The average molecular weight is 337 g/mol. The molecule has 1 aromatic carbocycles.